The summed E-state index contributed by atoms with van der Waals surface area (Å²) in [5.74, 6) is 0.0809. The van der Waals surface area contributed by atoms with Gasteiger partial charge >= 0.3 is 5.97 Å². The fraction of sp³-hybridized carbons (Fsp3) is 0.273. The highest BCUT2D eigenvalue weighted by Crippen LogP contribution is 2.25. The van der Waals surface area contributed by atoms with Crippen LogP contribution in [0, 0.1) is 10.8 Å². The smallest absolute Gasteiger partial charge is 0.313 e. The van der Waals surface area contributed by atoms with Crippen LogP contribution in [0.1, 0.15) is 29.8 Å². The molecule has 0 saturated carbocycles. The molecule has 0 fully saturated rings. The van der Waals surface area contributed by atoms with Crippen LogP contribution in [-0.4, -0.2) is 40.9 Å². The summed E-state index contributed by atoms with van der Waals surface area (Å²) >= 11 is 0. The molecule has 1 aromatic heterocycles. The second-order valence-electron chi connectivity index (χ2n) is 7.75. The molecule has 0 radical (unpaired) electrons. The van der Waals surface area contributed by atoms with E-state index in [1.165, 1.54) is 7.11 Å². The van der Waals surface area contributed by atoms with Crippen LogP contribution in [-0.2, 0) is 16.6 Å². The van der Waals surface area contributed by atoms with Crippen molar-refractivity contribution in [3.8, 4) is 11.4 Å². The molecule has 0 atom stereocenters. The number of hydrogen-bond donors (Lipinski definition) is 3. The summed E-state index contributed by atoms with van der Waals surface area (Å²) in [6, 6.07) is 12.6. The van der Waals surface area contributed by atoms with Crippen LogP contribution in [0.3, 0.4) is 0 Å². The summed E-state index contributed by atoms with van der Waals surface area (Å²) in [5, 5.41) is 10.3. The second-order valence-corrected chi connectivity index (χ2v) is 7.75. The number of nitrogens with one attached hydrogen (secondary N) is 2. The van der Waals surface area contributed by atoms with Gasteiger partial charge in [-0.1, -0.05) is 24.3 Å². The van der Waals surface area contributed by atoms with Gasteiger partial charge in [0.2, 0.25) is 0 Å². The number of aromatic nitrogens is 2. The molecular formula is C22H25N5O3. The van der Waals surface area contributed by atoms with E-state index in [0.29, 0.717) is 16.6 Å². The number of methoxy groups -OCH3 is 1. The van der Waals surface area contributed by atoms with Gasteiger partial charge in [0.05, 0.1) is 23.6 Å². The fourth-order valence-corrected chi connectivity index (χ4v) is 3.15. The van der Waals surface area contributed by atoms with Gasteiger partial charge in [0.1, 0.15) is 11.7 Å². The van der Waals surface area contributed by atoms with E-state index in [0.717, 1.165) is 16.9 Å². The molecule has 8 nitrogen and oxygen atoms in total. The van der Waals surface area contributed by atoms with Gasteiger partial charge in [-0.3, -0.25) is 15.0 Å². The average Bonchev–Trinajstić information content (AvgIpc) is 3.07. The number of esters is 1. The molecule has 3 rings (SSSR count). The highest BCUT2D eigenvalue weighted by atomic mass is 16.5. The SMILES string of the molecule is COC(=O)C(C)(C)CNC(=O)c1ccc2c(c1)nc(-c1ccc(C(=N)N)cc1)n2C. The Kier molecular flexibility index (Phi) is 5.60. The molecule has 1 heterocycles. The van der Waals surface area contributed by atoms with E-state index < -0.39 is 5.41 Å². The number of benzene rings is 2. The standard InChI is InChI=1S/C22H25N5O3/c1-22(2,21(29)30-4)12-25-20(28)15-9-10-17-16(11-15)26-19(27(17)3)14-7-5-13(6-8-14)18(23)24/h5-11H,12H2,1-4H3,(H3,23,24)(H,25,28). The van der Waals surface area contributed by atoms with Crippen molar-refractivity contribution in [2.45, 2.75) is 13.8 Å². The minimum absolute atomic E-state index is 0.0117. The maximum Gasteiger partial charge on any atom is 0.313 e. The number of imidazole rings is 1. The lowest BCUT2D eigenvalue weighted by atomic mass is 9.93. The third kappa shape index (κ3) is 4.03. The van der Waals surface area contributed by atoms with Gasteiger partial charge < -0.3 is 20.4 Å². The number of nitrogen functional groups attached to an aromatic ring is 1. The number of carbonyl (C=O) groups is 2. The number of fused-ring (bicyclic) bond motifs is 1. The molecule has 0 unspecified atom stereocenters. The summed E-state index contributed by atoms with van der Waals surface area (Å²) in [4.78, 5) is 29.0. The van der Waals surface area contributed by atoms with E-state index in [-0.39, 0.29) is 24.3 Å². The summed E-state index contributed by atoms with van der Waals surface area (Å²) in [6.07, 6.45) is 0. The zero-order valence-electron chi connectivity index (χ0n) is 17.4. The molecule has 0 aliphatic heterocycles. The number of amides is 1. The van der Waals surface area contributed by atoms with Crippen molar-refractivity contribution in [2.75, 3.05) is 13.7 Å². The molecule has 0 spiro atoms. The number of nitrogens with zero attached hydrogens (tertiary/aromatic N) is 2. The van der Waals surface area contributed by atoms with E-state index in [9.17, 15) is 9.59 Å². The molecule has 1 amide bonds. The lowest BCUT2D eigenvalue weighted by molar-refractivity contribution is -0.150. The van der Waals surface area contributed by atoms with Crippen molar-refractivity contribution in [1.29, 1.82) is 5.41 Å². The molecule has 0 aliphatic carbocycles. The first-order valence-corrected chi connectivity index (χ1v) is 9.42. The molecule has 0 bridgehead atoms. The topological polar surface area (TPSA) is 123 Å². The van der Waals surface area contributed by atoms with Crippen LogP contribution in [0.25, 0.3) is 22.4 Å². The predicted molar refractivity (Wildman–Crippen MR) is 115 cm³/mol. The van der Waals surface area contributed by atoms with Gasteiger partial charge in [0, 0.05) is 30.3 Å². The van der Waals surface area contributed by atoms with Crippen LogP contribution >= 0.6 is 0 Å². The lowest BCUT2D eigenvalue weighted by Gasteiger charge is -2.21. The van der Waals surface area contributed by atoms with Gasteiger partial charge in [-0.2, -0.15) is 0 Å². The van der Waals surface area contributed by atoms with Crippen LogP contribution in [0.2, 0.25) is 0 Å². The molecule has 0 saturated heterocycles. The number of amidine groups is 1. The molecule has 4 N–H and O–H groups in total. The monoisotopic (exact) mass is 407 g/mol. The summed E-state index contributed by atoms with van der Waals surface area (Å²) < 4.78 is 6.71. The van der Waals surface area contributed by atoms with Crippen molar-refractivity contribution in [3.05, 3.63) is 53.6 Å². The summed E-state index contributed by atoms with van der Waals surface area (Å²) in [6.45, 7) is 3.59. The Balaban J connectivity index is 1.85. The zero-order valence-corrected chi connectivity index (χ0v) is 17.4. The minimum atomic E-state index is -0.821. The first-order chi connectivity index (χ1) is 14.1. The maximum absolute atomic E-state index is 12.6. The zero-order chi connectivity index (χ0) is 22.1. The number of aryl methyl sites for hydroxylation is 1. The second kappa shape index (κ2) is 7.98. The van der Waals surface area contributed by atoms with Crippen molar-refractivity contribution < 1.29 is 14.3 Å². The first kappa shape index (κ1) is 21.0. The Morgan fingerprint density at radius 3 is 2.40 bits per heavy atom. The van der Waals surface area contributed by atoms with E-state index >= 15 is 0 Å². The largest absolute Gasteiger partial charge is 0.469 e. The van der Waals surface area contributed by atoms with Gasteiger partial charge in [0.25, 0.3) is 5.91 Å². The molecular weight excluding hydrogens is 382 g/mol. The Labute approximate surface area is 174 Å². The highest BCUT2D eigenvalue weighted by Gasteiger charge is 2.29. The lowest BCUT2D eigenvalue weighted by Crippen LogP contribution is -2.39. The number of ether oxygens (including phenoxy) is 1. The van der Waals surface area contributed by atoms with E-state index in [4.69, 9.17) is 15.9 Å². The third-order valence-electron chi connectivity index (χ3n) is 5.03. The molecule has 2 aromatic carbocycles. The van der Waals surface area contributed by atoms with Gasteiger partial charge in [0.15, 0.2) is 0 Å². The molecule has 30 heavy (non-hydrogen) atoms. The third-order valence-corrected chi connectivity index (χ3v) is 5.03. The quantitative estimate of drug-likeness (QED) is 0.329. The van der Waals surface area contributed by atoms with Crippen molar-refractivity contribution in [2.24, 2.45) is 18.2 Å². The van der Waals surface area contributed by atoms with Crippen LogP contribution in [0.15, 0.2) is 42.5 Å². The summed E-state index contributed by atoms with van der Waals surface area (Å²) in [5.41, 5.74) is 8.24. The van der Waals surface area contributed by atoms with E-state index in [2.05, 4.69) is 10.3 Å². The molecule has 156 valence electrons. The maximum atomic E-state index is 12.6. The van der Waals surface area contributed by atoms with Crippen molar-refractivity contribution in [3.63, 3.8) is 0 Å². The molecule has 8 heteroatoms. The number of hydrogen-bond acceptors (Lipinski definition) is 5. The van der Waals surface area contributed by atoms with Gasteiger partial charge in [-0.05, 0) is 32.0 Å². The van der Waals surface area contributed by atoms with Crippen LogP contribution < -0.4 is 11.1 Å². The number of carbonyl (C=O) groups excluding carboxylic acids is 2. The predicted octanol–water partition coefficient (Wildman–Crippen LogP) is 2.45. The van der Waals surface area contributed by atoms with E-state index in [1.807, 2.05) is 29.8 Å². The Hall–Kier alpha value is -3.68. The highest BCUT2D eigenvalue weighted by molar-refractivity contribution is 5.98. The Morgan fingerprint density at radius 2 is 1.80 bits per heavy atom. The van der Waals surface area contributed by atoms with E-state index in [1.54, 1.807) is 38.1 Å². The van der Waals surface area contributed by atoms with Crippen molar-refractivity contribution in [1.82, 2.24) is 14.9 Å². The Morgan fingerprint density at radius 1 is 1.17 bits per heavy atom. The molecule has 3 aromatic rings. The Bertz CT molecular complexity index is 1130. The van der Waals surface area contributed by atoms with Crippen molar-refractivity contribution >= 4 is 28.7 Å². The van der Waals surface area contributed by atoms with Crippen LogP contribution in [0.4, 0.5) is 0 Å². The van der Waals surface area contributed by atoms with Gasteiger partial charge in [-0.15, -0.1) is 0 Å². The fourth-order valence-electron chi connectivity index (χ4n) is 3.15. The average molecular weight is 407 g/mol. The number of nitrogens with two attached hydrogens (primary N) is 1. The van der Waals surface area contributed by atoms with Crippen LogP contribution in [0.5, 0.6) is 0 Å². The number of rotatable bonds is 6. The van der Waals surface area contributed by atoms with Gasteiger partial charge in [-0.25, -0.2) is 4.98 Å². The minimum Gasteiger partial charge on any atom is -0.469 e. The summed E-state index contributed by atoms with van der Waals surface area (Å²) in [7, 11) is 3.23. The first-order valence-electron chi connectivity index (χ1n) is 9.42. The normalized spacial score (nSPS) is 11.3. The molecule has 0 aliphatic rings.